The van der Waals surface area contributed by atoms with E-state index in [1.54, 1.807) is 0 Å². The van der Waals surface area contributed by atoms with E-state index in [4.69, 9.17) is 9.47 Å². The Morgan fingerprint density at radius 3 is 2.35 bits per heavy atom. The van der Waals surface area contributed by atoms with Gasteiger partial charge in [0.05, 0.1) is 6.61 Å². The predicted molar refractivity (Wildman–Crippen MR) is 69.1 cm³/mol. The summed E-state index contributed by atoms with van der Waals surface area (Å²) in [4.78, 5) is 11.3. The highest BCUT2D eigenvalue weighted by Gasteiger charge is 1.99. The average Bonchev–Trinajstić information content (AvgIpc) is 2.33. The Morgan fingerprint density at radius 2 is 1.71 bits per heavy atom. The fourth-order valence-corrected chi connectivity index (χ4v) is 1.31. The van der Waals surface area contributed by atoms with Gasteiger partial charge < -0.3 is 14.8 Å². The number of hydrogen-bond donors (Lipinski definition) is 1. The van der Waals surface area contributed by atoms with Gasteiger partial charge in [-0.05, 0) is 26.2 Å². The first-order valence-corrected chi connectivity index (χ1v) is 6.73. The standard InChI is InChI=1S/C13H27NO3/c1-3-5-9-14-13(15)8-12-17-11-7-6-10-16-4-2/h3-12H2,1-2H3,(H,14,15). The summed E-state index contributed by atoms with van der Waals surface area (Å²) in [6, 6.07) is 0. The SMILES string of the molecule is CCCCNC(=O)CCOCCCCOCC. The highest BCUT2D eigenvalue weighted by atomic mass is 16.5. The van der Waals surface area contributed by atoms with Crippen LogP contribution >= 0.6 is 0 Å². The van der Waals surface area contributed by atoms with E-state index in [9.17, 15) is 4.79 Å². The summed E-state index contributed by atoms with van der Waals surface area (Å²) in [6.45, 7) is 7.70. The molecule has 0 spiro atoms. The van der Waals surface area contributed by atoms with Crippen LogP contribution in [0.25, 0.3) is 0 Å². The van der Waals surface area contributed by atoms with Gasteiger partial charge in [-0.15, -0.1) is 0 Å². The third-order valence-electron chi connectivity index (χ3n) is 2.36. The number of amides is 1. The average molecular weight is 245 g/mol. The molecule has 0 aliphatic carbocycles. The van der Waals surface area contributed by atoms with Gasteiger partial charge >= 0.3 is 0 Å². The maximum absolute atomic E-state index is 11.3. The molecule has 0 saturated carbocycles. The molecule has 0 heterocycles. The summed E-state index contributed by atoms with van der Waals surface area (Å²) in [5, 5.41) is 2.86. The number of nitrogens with one attached hydrogen (secondary N) is 1. The van der Waals surface area contributed by atoms with Gasteiger partial charge in [-0.1, -0.05) is 13.3 Å². The van der Waals surface area contributed by atoms with Crippen molar-refractivity contribution in [2.75, 3.05) is 33.0 Å². The summed E-state index contributed by atoms with van der Waals surface area (Å²) in [5.74, 6) is 0.0905. The highest BCUT2D eigenvalue weighted by molar-refractivity contribution is 5.75. The van der Waals surface area contributed by atoms with Gasteiger partial charge in [0.15, 0.2) is 0 Å². The fourth-order valence-electron chi connectivity index (χ4n) is 1.31. The van der Waals surface area contributed by atoms with Gasteiger partial charge in [0.1, 0.15) is 0 Å². The van der Waals surface area contributed by atoms with Crippen LogP contribution < -0.4 is 5.32 Å². The maximum atomic E-state index is 11.3. The monoisotopic (exact) mass is 245 g/mol. The third kappa shape index (κ3) is 13.3. The van der Waals surface area contributed by atoms with Crippen molar-refractivity contribution in [3.05, 3.63) is 0 Å². The number of hydrogen-bond acceptors (Lipinski definition) is 3. The zero-order valence-electron chi connectivity index (χ0n) is 11.3. The maximum Gasteiger partial charge on any atom is 0.222 e. The third-order valence-corrected chi connectivity index (χ3v) is 2.36. The van der Waals surface area contributed by atoms with Crippen molar-refractivity contribution < 1.29 is 14.3 Å². The van der Waals surface area contributed by atoms with Crippen molar-refractivity contribution in [1.29, 1.82) is 0 Å². The Bertz CT molecular complexity index is 174. The topological polar surface area (TPSA) is 47.6 Å². The molecule has 0 aromatic heterocycles. The lowest BCUT2D eigenvalue weighted by Gasteiger charge is -2.05. The molecular formula is C13H27NO3. The molecule has 0 fully saturated rings. The van der Waals surface area contributed by atoms with Crippen LogP contribution in [0.4, 0.5) is 0 Å². The second kappa shape index (κ2) is 13.5. The summed E-state index contributed by atoms with van der Waals surface area (Å²) in [7, 11) is 0. The molecule has 0 radical (unpaired) electrons. The molecular weight excluding hydrogens is 218 g/mol. The van der Waals surface area contributed by atoms with Crippen LogP contribution in [-0.4, -0.2) is 38.9 Å². The van der Waals surface area contributed by atoms with Crippen molar-refractivity contribution in [3.63, 3.8) is 0 Å². The number of carbonyl (C=O) groups excluding carboxylic acids is 1. The van der Waals surface area contributed by atoms with Crippen molar-refractivity contribution in [3.8, 4) is 0 Å². The van der Waals surface area contributed by atoms with Gasteiger partial charge in [-0.3, -0.25) is 4.79 Å². The molecule has 0 rings (SSSR count). The van der Waals surface area contributed by atoms with E-state index >= 15 is 0 Å². The Morgan fingerprint density at radius 1 is 1.00 bits per heavy atom. The minimum absolute atomic E-state index is 0.0905. The molecule has 0 aromatic rings. The molecule has 0 unspecified atom stereocenters. The van der Waals surface area contributed by atoms with Crippen molar-refractivity contribution in [2.24, 2.45) is 0 Å². The molecule has 4 heteroatoms. The Kier molecular flexibility index (Phi) is 13.0. The minimum atomic E-state index is 0.0905. The summed E-state index contributed by atoms with van der Waals surface area (Å²) < 4.78 is 10.6. The van der Waals surface area contributed by atoms with Crippen LogP contribution in [-0.2, 0) is 14.3 Å². The van der Waals surface area contributed by atoms with Crippen LogP contribution in [0.3, 0.4) is 0 Å². The molecule has 0 aromatic carbocycles. The lowest BCUT2D eigenvalue weighted by Crippen LogP contribution is -2.25. The first kappa shape index (κ1) is 16.4. The van der Waals surface area contributed by atoms with Crippen LogP contribution in [0.2, 0.25) is 0 Å². The number of ether oxygens (including phenoxy) is 2. The molecule has 0 saturated heterocycles. The molecule has 0 bridgehead atoms. The number of unbranched alkanes of at least 4 members (excludes halogenated alkanes) is 2. The molecule has 0 aliphatic heterocycles. The molecule has 102 valence electrons. The van der Waals surface area contributed by atoms with Crippen LogP contribution in [0.5, 0.6) is 0 Å². The van der Waals surface area contributed by atoms with E-state index in [0.717, 1.165) is 52.0 Å². The van der Waals surface area contributed by atoms with E-state index in [1.165, 1.54) is 0 Å². The number of carbonyl (C=O) groups is 1. The second-order valence-electron chi connectivity index (χ2n) is 3.97. The Hall–Kier alpha value is -0.610. The van der Waals surface area contributed by atoms with Gasteiger partial charge in [-0.2, -0.15) is 0 Å². The fraction of sp³-hybridized carbons (Fsp3) is 0.923. The summed E-state index contributed by atoms with van der Waals surface area (Å²) in [6.07, 6.45) is 4.64. The van der Waals surface area contributed by atoms with Crippen LogP contribution in [0.15, 0.2) is 0 Å². The van der Waals surface area contributed by atoms with E-state index in [0.29, 0.717) is 13.0 Å². The molecule has 0 atom stereocenters. The predicted octanol–water partition coefficient (Wildman–Crippen LogP) is 2.13. The Labute approximate surface area is 105 Å². The van der Waals surface area contributed by atoms with Crippen LogP contribution in [0.1, 0.15) is 46.0 Å². The highest BCUT2D eigenvalue weighted by Crippen LogP contribution is 1.93. The minimum Gasteiger partial charge on any atom is -0.382 e. The zero-order valence-corrected chi connectivity index (χ0v) is 11.3. The van der Waals surface area contributed by atoms with E-state index in [2.05, 4.69) is 12.2 Å². The zero-order chi connectivity index (χ0) is 12.8. The molecule has 0 aliphatic rings. The number of rotatable bonds is 12. The second-order valence-corrected chi connectivity index (χ2v) is 3.97. The first-order chi connectivity index (χ1) is 8.31. The van der Waals surface area contributed by atoms with Gasteiger partial charge in [-0.25, -0.2) is 0 Å². The largest absolute Gasteiger partial charge is 0.382 e. The van der Waals surface area contributed by atoms with E-state index in [-0.39, 0.29) is 5.91 Å². The van der Waals surface area contributed by atoms with Gasteiger partial charge in [0.25, 0.3) is 0 Å². The smallest absolute Gasteiger partial charge is 0.222 e. The first-order valence-electron chi connectivity index (χ1n) is 6.73. The Balaban J connectivity index is 3.08. The van der Waals surface area contributed by atoms with E-state index < -0.39 is 0 Å². The molecule has 17 heavy (non-hydrogen) atoms. The summed E-state index contributed by atoms with van der Waals surface area (Å²) >= 11 is 0. The van der Waals surface area contributed by atoms with Crippen molar-refractivity contribution in [1.82, 2.24) is 5.32 Å². The molecule has 1 amide bonds. The van der Waals surface area contributed by atoms with Crippen molar-refractivity contribution >= 4 is 5.91 Å². The quantitative estimate of drug-likeness (QED) is 0.536. The van der Waals surface area contributed by atoms with Gasteiger partial charge in [0, 0.05) is 32.8 Å². The lowest BCUT2D eigenvalue weighted by molar-refractivity contribution is -0.122. The molecule has 1 N–H and O–H groups in total. The normalized spacial score (nSPS) is 10.5. The van der Waals surface area contributed by atoms with Crippen molar-refractivity contribution in [2.45, 2.75) is 46.0 Å². The van der Waals surface area contributed by atoms with Crippen LogP contribution in [0, 0.1) is 0 Å². The van der Waals surface area contributed by atoms with E-state index in [1.807, 2.05) is 6.92 Å². The lowest BCUT2D eigenvalue weighted by atomic mass is 10.3. The van der Waals surface area contributed by atoms with Gasteiger partial charge in [0.2, 0.25) is 5.91 Å². The molecule has 4 nitrogen and oxygen atoms in total. The summed E-state index contributed by atoms with van der Waals surface area (Å²) in [5.41, 5.74) is 0.